The van der Waals surface area contributed by atoms with Crippen LogP contribution in [0.25, 0.3) is 11.3 Å². The van der Waals surface area contributed by atoms with Gasteiger partial charge in [-0.3, -0.25) is 9.78 Å². The SMILES string of the molecule is Cc1cc(C(=O)NCCc2cc3c(c(-c4cc(Cl)c(F)cc4F)n2)CCC3C)cc(OC(F)(F)F)c1NC(C)C. The van der Waals surface area contributed by atoms with E-state index in [1.165, 1.54) is 12.1 Å². The third-order valence-corrected chi connectivity index (χ3v) is 7.01. The highest BCUT2D eigenvalue weighted by atomic mass is 35.5. The number of carbonyl (C=O) groups is 1. The molecule has 11 heteroatoms. The van der Waals surface area contributed by atoms with Crippen molar-refractivity contribution in [2.45, 2.75) is 65.3 Å². The van der Waals surface area contributed by atoms with Crippen molar-refractivity contribution in [3.05, 3.63) is 74.9 Å². The maximum absolute atomic E-state index is 14.7. The fraction of sp³-hybridized carbons (Fsp3) is 0.379. The molecule has 1 aromatic heterocycles. The van der Waals surface area contributed by atoms with Crippen LogP contribution in [0.15, 0.2) is 30.3 Å². The number of pyridine rings is 1. The summed E-state index contributed by atoms with van der Waals surface area (Å²) in [5.41, 5.74) is 3.53. The highest BCUT2D eigenvalue weighted by Gasteiger charge is 2.33. The number of carbonyl (C=O) groups excluding carboxylic acids is 1. The number of halogens is 6. The summed E-state index contributed by atoms with van der Waals surface area (Å²) < 4.78 is 71.9. The molecule has 0 spiro atoms. The van der Waals surface area contributed by atoms with E-state index in [0.29, 0.717) is 23.4 Å². The quantitative estimate of drug-likeness (QED) is 0.211. The number of hydrogen-bond acceptors (Lipinski definition) is 4. The van der Waals surface area contributed by atoms with E-state index in [9.17, 15) is 26.7 Å². The van der Waals surface area contributed by atoms with Gasteiger partial charge in [0.15, 0.2) is 5.75 Å². The van der Waals surface area contributed by atoms with Crippen molar-refractivity contribution in [2.75, 3.05) is 11.9 Å². The molecular weight excluding hydrogens is 553 g/mol. The zero-order valence-electron chi connectivity index (χ0n) is 22.4. The predicted molar refractivity (Wildman–Crippen MR) is 144 cm³/mol. The van der Waals surface area contributed by atoms with E-state index in [-0.39, 0.29) is 46.8 Å². The first-order chi connectivity index (χ1) is 18.7. The molecule has 40 heavy (non-hydrogen) atoms. The molecule has 0 aliphatic heterocycles. The van der Waals surface area contributed by atoms with Crippen LogP contribution in [0.3, 0.4) is 0 Å². The molecule has 1 aliphatic rings. The van der Waals surface area contributed by atoms with Crippen LogP contribution in [-0.2, 0) is 12.8 Å². The van der Waals surface area contributed by atoms with Gasteiger partial charge >= 0.3 is 6.36 Å². The van der Waals surface area contributed by atoms with E-state index in [4.69, 9.17) is 11.6 Å². The Bertz CT molecular complexity index is 1440. The van der Waals surface area contributed by atoms with Crippen LogP contribution in [-0.4, -0.2) is 29.8 Å². The summed E-state index contributed by atoms with van der Waals surface area (Å²) in [4.78, 5) is 17.5. The zero-order valence-corrected chi connectivity index (χ0v) is 23.2. The standard InChI is InChI=1S/C29H29ClF5N3O2/c1-14(2)37-26-16(4)9-17(10-25(26)40-29(33,34)35)28(39)36-8-7-18-11-20-15(3)5-6-19(20)27(38-18)21-12-22(30)24(32)13-23(21)31/h9-15,37H,5-8H2,1-4H3,(H,36,39). The Kier molecular flexibility index (Phi) is 8.58. The van der Waals surface area contributed by atoms with Gasteiger partial charge in [0.1, 0.15) is 11.6 Å². The molecule has 2 N–H and O–H groups in total. The summed E-state index contributed by atoms with van der Waals surface area (Å²) in [7, 11) is 0. The van der Waals surface area contributed by atoms with E-state index < -0.39 is 29.7 Å². The Balaban J connectivity index is 1.56. The number of nitrogens with one attached hydrogen (secondary N) is 2. The number of fused-ring (bicyclic) bond motifs is 1. The molecule has 1 aliphatic carbocycles. The van der Waals surface area contributed by atoms with Crippen LogP contribution in [0, 0.1) is 18.6 Å². The van der Waals surface area contributed by atoms with Gasteiger partial charge < -0.3 is 15.4 Å². The minimum absolute atomic E-state index is 0.00491. The van der Waals surface area contributed by atoms with E-state index >= 15 is 0 Å². The third-order valence-electron chi connectivity index (χ3n) is 6.72. The summed E-state index contributed by atoms with van der Waals surface area (Å²) in [6, 6.07) is 6.24. The predicted octanol–water partition coefficient (Wildman–Crippen LogP) is 7.73. The smallest absolute Gasteiger partial charge is 0.404 e. The molecule has 1 unspecified atom stereocenters. The van der Waals surface area contributed by atoms with Crippen molar-refractivity contribution in [2.24, 2.45) is 0 Å². The summed E-state index contributed by atoms with van der Waals surface area (Å²) >= 11 is 5.93. The van der Waals surface area contributed by atoms with Gasteiger partial charge in [-0.15, -0.1) is 13.2 Å². The number of benzene rings is 2. The van der Waals surface area contributed by atoms with Crippen molar-refractivity contribution in [3.63, 3.8) is 0 Å². The van der Waals surface area contributed by atoms with Crippen LogP contribution in [0.4, 0.5) is 27.6 Å². The average molecular weight is 582 g/mol. The van der Waals surface area contributed by atoms with Crippen LogP contribution >= 0.6 is 11.6 Å². The van der Waals surface area contributed by atoms with Crippen molar-refractivity contribution < 1.29 is 31.5 Å². The lowest BCUT2D eigenvalue weighted by Gasteiger charge is -2.20. The molecular formula is C29H29ClF5N3O2. The molecule has 3 aromatic rings. The van der Waals surface area contributed by atoms with Crippen LogP contribution in [0.2, 0.25) is 5.02 Å². The molecule has 0 radical (unpaired) electrons. The molecule has 0 saturated carbocycles. The first-order valence-electron chi connectivity index (χ1n) is 12.9. The maximum atomic E-state index is 14.7. The number of anilines is 1. The highest BCUT2D eigenvalue weighted by molar-refractivity contribution is 6.31. The van der Waals surface area contributed by atoms with Gasteiger partial charge in [0.05, 0.1) is 16.4 Å². The van der Waals surface area contributed by atoms with Crippen LogP contribution in [0.5, 0.6) is 5.75 Å². The lowest BCUT2D eigenvalue weighted by molar-refractivity contribution is -0.274. The van der Waals surface area contributed by atoms with Gasteiger partial charge in [-0.05, 0) is 80.5 Å². The number of rotatable bonds is 8. The van der Waals surface area contributed by atoms with E-state index in [1.54, 1.807) is 20.8 Å². The van der Waals surface area contributed by atoms with Gasteiger partial charge in [0.25, 0.3) is 5.91 Å². The minimum atomic E-state index is -4.93. The number of alkyl halides is 3. The van der Waals surface area contributed by atoms with E-state index in [1.807, 2.05) is 6.07 Å². The Morgan fingerprint density at radius 3 is 2.55 bits per heavy atom. The molecule has 214 valence electrons. The largest absolute Gasteiger partial charge is 0.573 e. The van der Waals surface area contributed by atoms with Crippen LogP contribution < -0.4 is 15.4 Å². The normalized spacial score (nSPS) is 14.8. The molecule has 0 fully saturated rings. The molecule has 1 amide bonds. The van der Waals surface area contributed by atoms with Gasteiger partial charge in [0, 0.05) is 41.9 Å². The second-order valence-electron chi connectivity index (χ2n) is 10.2. The Labute approximate surface area is 234 Å². The first-order valence-corrected chi connectivity index (χ1v) is 13.2. The number of ether oxygens (including phenoxy) is 1. The number of aromatic nitrogens is 1. The van der Waals surface area contributed by atoms with Crippen molar-refractivity contribution in [1.82, 2.24) is 10.3 Å². The van der Waals surface area contributed by atoms with Gasteiger partial charge in [0.2, 0.25) is 0 Å². The third kappa shape index (κ3) is 6.66. The Hall–Kier alpha value is -3.40. The second-order valence-corrected chi connectivity index (χ2v) is 10.6. The summed E-state index contributed by atoms with van der Waals surface area (Å²) in [5.74, 6) is -2.51. The van der Waals surface area contributed by atoms with Crippen LogP contribution in [0.1, 0.15) is 65.9 Å². The number of nitrogens with zero attached hydrogens (tertiary/aromatic N) is 1. The van der Waals surface area contributed by atoms with E-state index in [2.05, 4.69) is 27.3 Å². The monoisotopic (exact) mass is 581 g/mol. The molecule has 1 atom stereocenters. The minimum Gasteiger partial charge on any atom is -0.404 e. The molecule has 0 saturated heterocycles. The fourth-order valence-electron chi connectivity index (χ4n) is 4.89. The van der Waals surface area contributed by atoms with E-state index in [0.717, 1.165) is 29.7 Å². The zero-order chi connectivity index (χ0) is 29.4. The highest BCUT2D eigenvalue weighted by Crippen LogP contribution is 2.40. The first kappa shape index (κ1) is 29.6. The lowest BCUT2D eigenvalue weighted by Crippen LogP contribution is -2.27. The van der Waals surface area contributed by atoms with Crippen molar-refractivity contribution in [3.8, 4) is 17.0 Å². The maximum Gasteiger partial charge on any atom is 0.573 e. The lowest BCUT2D eigenvalue weighted by atomic mass is 9.98. The van der Waals surface area contributed by atoms with Crippen molar-refractivity contribution >= 4 is 23.2 Å². The number of amides is 1. The molecule has 1 heterocycles. The second kappa shape index (κ2) is 11.6. The number of aryl methyl sites for hydroxylation is 1. The van der Waals surface area contributed by atoms with Crippen molar-refractivity contribution in [1.29, 1.82) is 0 Å². The summed E-state index contributed by atoms with van der Waals surface area (Å²) in [5, 5.41) is 5.42. The molecule has 5 nitrogen and oxygen atoms in total. The van der Waals surface area contributed by atoms with Gasteiger partial charge in [-0.2, -0.15) is 0 Å². The molecule has 2 aromatic carbocycles. The summed E-state index contributed by atoms with van der Waals surface area (Å²) in [6.07, 6.45) is -3.12. The van der Waals surface area contributed by atoms with Gasteiger partial charge in [-0.1, -0.05) is 18.5 Å². The molecule has 4 rings (SSSR count). The summed E-state index contributed by atoms with van der Waals surface area (Å²) in [6.45, 7) is 7.30. The molecule has 0 bridgehead atoms. The topological polar surface area (TPSA) is 63.2 Å². The average Bonchev–Trinajstić information content (AvgIpc) is 3.22. The van der Waals surface area contributed by atoms with Gasteiger partial charge in [-0.25, -0.2) is 8.78 Å². The number of hydrogen-bond donors (Lipinski definition) is 2. The Morgan fingerprint density at radius 1 is 1.15 bits per heavy atom. The Morgan fingerprint density at radius 2 is 1.88 bits per heavy atom. The fourth-order valence-corrected chi connectivity index (χ4v) is 5.05.